The average Bonchev–Trinajstić information content (AvgIpc) is 3.24. The number of aromatic nitrogens is 6. The number of carbonyl (C=O) groups excluding carboxylic acids is 1. The van der Waals surface area contributed by atoms with Gasteiger partial charge in [0.2, 0.25) is 0 Å². The Labute approximate surface area is 153 Å². The third-order valence-corrected chi connectivity index (χ3v) is 4.49. The molecule has 9 nitrogen and oxygen atoms in total. The minimum Gasteiger partial charge on any atom is -0.342 e. The molecule has 3 aromatic heterocycles. The van der Waals surface area contributed by atoms with Gasteiger partial charge in [-0.3, -0.25) is 9.59 Å². The first-order valence-electron chi connectivity index (χ1n) is 8.20. The summed E-state index contributed by atoms with van der Waals surface area (Å²) < 4.78 is 1.74. The zero-order chi connectivity index (χ0) is 18.7. The van der Waals surface area contributed by atoms with Crippen LogP contribution >= 0.6 is 11.3 Å². The molecule has 3 rings (SSSR count). The van der Waals surface area contributed by atoms with Gasteiger partial charge in [-0.25, -0.2) is 19.6 Å². The van der Waals surface area contributed by atoms with E-state index >= 15 is 0 Å². The fourth-order valence-electron chi connectivity index (χ4n) is 2.49. The molecule has 3 heterocycles. The molecule has 0 fully saturated rings. The highest BCUT2D eigenvalue weighted by atomic mass is 32.1. The number of nitrogens with one attached hydrogen (secondary N) is 2. The SMILES string of the molecule is CCCn1ncnc1[C@H](C)NC(=O)c1cnc(-c2csc(C)n2)[nH]c1=O. The van der Waals surface area contributed by atoms with Gasteiger partial charge in [-0.05, 0) is 20.3 Å². The van der Waals surface area contributed by atoms with Crippen LogP contribution in [0.1, 0.15) is 47.5 Å². The molecule has 0 spiro atoms. The Kier molecular flexibility index (Phi) is 5.21. The zero-order valence-electron chi connectivity index (χ0n) is 14.7. The molecule has 26 heavy (non-hydrogen) atoms. The molecule has 136 valence electrons. The summed E-state index contributed by atoms with van der Waals surface area (Å²) in [7, 11) is 0. The van der Waals surface area contributed by atoms with Crippen molar-refractivity contribution in [3.63, 3.8) is 0 Å². The van der Waals surface area contributed by atoms with Gasteiger partial charge in [0.25, 0.3) is 11.5 Å². The molecule has 0 saturated carbocycles. The molecule has 10 heteroatoms. The summed E-state index contributed by atoms with van der Waals surface area (Å²) in [5.74, 6) is 0.462. The summed E-state index contributed by atoms with van der Waals surface area (Å²) in [5.41, 5.74) is 0.00656. The third kappa shape index (κ3) is 3.69. The maximum atomic E-state index is 12.5. The molecule has 0 aliphatic rings. The molecule has 0 aliphatic carbocycles. The van der Waals surface area contributed by atoms with E-state index in [-0.39, 0.29) is 5.56 Å². The van der Waals surface area contributed by atoms with Gasteiger partial charge in [-0.15, -0.1) is 11.3 Å². The van der Waals surface area contributed by atoms with Crippen molar-refractivity contribution in [2.45, 2.75) is 39.8 Å². The van der Waals surface area contributed by atoms with Crippen LogP contribution in [0.15, 0.2) is 22.7 Å². The number of H-pyrrole nitrogens is 1. The Balaban J connectivity index is 1.77. The molecular formula is C16H19N7O2S. The van der Waals surface area contributed by atoms with Gasteiger partial charge in [0.1, 0.15) is 23.4 Å². The zero-order valence-corrected chi connectivity index (χ0v) is 15.5. The number of carbonyl (C=O) groups is 1. The first-order chi connectivity index (χ1) is 12.5. The summed E-state index contributed by atoms with van der Waals surface area (Å²) in [4.78, 5) is 40.0. The Hall–Kier alpha value is -2.88. The third-order valence-electron chi connectivity index (χ3n) is 3.72. The van der Waals surface area contributed by atoms with Gasteiger partial charge in [0.15, 0.2) is 5.82 Å². The first-order valence-corrected chi connectivity index (χ1v) is 9.08. The quantitative estimate of drug-likeness (QED) is 0.679. The molecule has 1 amide bonds. The molecule has 0 bridgehead atoms. The van der Waals surface area contributed by atoms with Crippen molar-refractivity contribution in [1.29, 1.82) is 0 Å². The van der Waals surface area contributed by atoms with Crippen molar-refractivity contribution in [2.75, 3.05) is 0 Å². The highest BCUT2D eigenvalue weighted by molar-refractivity contribution is 7.09. The predicted octanol–water partition coefficient (Wildman–Crippen LogP) is 1.69. The lowest BCUT2D eigenvalue weighted by molar-refractivity contribution is 0.0935. The topological polar surface area (TPSA) is 118 Å². The fraction of sp³-hybridized carbons (Fsp3) is 0.375. The van der Waals surface area contributed by atoms with E-state index in [4.69, 9.17) is 0 Å². The monoisotopic (exact) mass is 373 g/mol. The molecule has 3 aromatic rings. The van der Waals surface area contributed by atoms with Crippen LogP contribution in [0, 0.1) is 6.92 Å². The minimum atomic E-state index is -0.515. The standard InChI is InChI=1S/C16H19N7O2S/c1-4-5-23-14(18-8-19-23)9(2)20-15(24)11-6-17-13(22-16(11)25)12-7-26-10(3)21-12/h6-9H,4-5H2,1-3H3,(H,20,24)(H,17,22,25)/t9-/m0/s1. The molecule has 0 saturated heterocycles. The van der Waals surface area contributed by atoms with E-state index < -0.39 is 17.5 Å². The molecule has 0 aromatic carbocycles. The van der Waals surface area contributed by atoms with Gasteiger partial charge in [0, 0.05) is 18.1 Å². The van der Waals surface area contributed by atoms with Gasteiger partial charge >= 0.3 is 0 Å². The number of thiazole rings is 1. The Morgan fingerprint density at radius 1 is 1.42 bits per heavy atom. The number of aromatic amines is 1. The van der Waals surface area contributed by atoms with Crippen LogP contribution in [0.2, 0.25) is 0 Å². The summed E-state index contributed by atoms with van der Waals surface area (Å²) in [6.45, 7) is 6.40. The fourth-order valence-corrected chi connectivity index (χ4v) is 3.09. The second-order valence-electron chi connectivity index (χ2n) is 5.76. The number of nitrogens with zero attached hydrogens (tertiary/aromatic N) is 5. The molecule has 0 aliphatic heterocycles. The van der Waals surface area contributed by atoms with Crippen LogP contribution in [0.5, 0.6) is 0 Å². The highest BCUT2D eigenvalue weighted by Crippen LogP contribution is 2.16. The lowest BCUT2D eigenvalue weighted by atomic mass is 10.2. The Morgan fingerprint density at radius 2 is 2.23 bits per heavy atom. The molecule has 0 unspecified atom stereocenters. The van der Waals surface area contributed by atoms with Gasteiger partial charge < -0.3 is 10.3 Å². The van der Waals surface area contributed by atoms with Crippen LogP contribution in [-0.4, -0.2) is 35.6 Å². The largest absolute Gasteiger partial charge is 0.342 e. The number of aryl methyl sites for hydroxylation is 2. The van der Waals surface area contributed by atoms with Crippen molar-refractivity contribution in [3.8, 4) is 11.5 Å². The van der Waals surface area contributed by atoms with E-state index in [0.717, 1.165) is 11.4 Å². The van der Waals surface area contributed by atoms with Crippen LogP contribution in [0.25, 0.3) is 11.5 Å². The van der Waals surface area contributed by atoms with E-state index in [1.807, 2.05) is 13.8 Å². The second kappa shape index (κ2) is 7.56. The van der Waals surface area contributed by atoms with E-state index in [2.05, 4.69) is 30.4 Å². The van der Waals surface area contributed by atoms with Crippen molar-refractivity contribution in [3.05, 3.63) is 44.7 Å². The lowest BCUT2D eigenvalue weighted by Gasteiger charge is -2.14. The van der Waals surface area contributed by atoms with Crippen LogP contribution in [-0.2, 0) is 6.54 Å². The molecule has 0 radical (unpaired) electrons. The predicted molar refractivity (Wildman–Crippen MR) is 96.9 cm³/mol. The number of hydrogen-bond donors (Lipinski definition) is 2. The van der Waals surface area contributed by atoms with Crippen molar-refractivity contribution < 1.29 is 4.79 Å². The van der Waals surface area contributed by atoms with Crippen molar-refractivity contribution in [1.82, 2.24) is 35.0 Å². The molecular weight excluding hydrogens is 354 g/mol. The van der Waals surface area contributed by atoms with Crippen LogP contribution in [0.3, 0.4) is 0 Å². The van der Waals surface area contributed by atoms with Crippen molar-refractivity contribution in [2.24, 2.45) is 0 Å². The summed E-state index contributed by atoms with van der Waals surface area (Å²) in [6.07, 6.45) is 3.62. The number of amides is 1. The summed E-state index contributed by atoms with van der Waals surface area (Å²) in [6, 6.07) is -0.392. The molecule has 2 N–H and O–H groups in total. The van der Waals surface area contributed by atoms with Crippen molar-refractivity contribution >= 4 is 17.2 Å². The van der Waals surface area contributed by atoms with E-state index in [0.29, 0.717) is 23.9 Å². The minimum absolute atomic E-state index is 0.0610. The smallest absolute Gasteiger partial charge is 0.264 e. The Morgan fingerprint density at radius 3 is 2.88 bits per heavy atom. The average molecular weight is 373 g/mol. The normalized spacial score (nSPS) is 12.1. The van der Waals surface area contributed by atoms with Gasteiger partial charge in [0.05, 0.1) is 11.0 Å². The van der Waals surface area contributed by atoms with Crippen LogP contribution in [0.4, 0.5) is 0 Å². The molecule has 1 atom stereocenters. The van der Waals surface area contributed by atoms with E-state index in [1.165, 1.54) is 23.9 Å². The maximum Gasteiger partial charge on any atom is 0.264 e. The second-order valence-corrected chi connectivity index (χ2v) is 6.83. The lowest BCUT2D eigenvalue weighted by Crippen LogP contribution is -2.33. The van der Waals surface area contributed by atoms with Gasteiger partial charge in [-0.1, -0.05) is 6.92 Å². The van der Waals surface area contributed by atoms with Gasteiger partial charge in [-0.2, -0.15) is 5.10 Å². The first kappa shape index (κ1) is 17.9. The number of hydrogen-bond acceptors (Lipinski definition) is 7. The number of rotatable bonds is 6. The van der Waals surface area contributed by atoms with E-state index in [1.54, 1.807) is 17.0 Å². The highest BCUT2D eigenvalue weighted by Gasteiger charge is 2.19. The maximum absolute atomic E-state index is 12.5. The summed E-state index contributed by atoms with van der Waals surface area (Å²) >= 11 is 1.46. The van der Waals surface area contributed by atoms with Crippen LogP contribution < -0.4 is 10.9 Å². The van der Waals surface area contributed by atoms with E-state index in [9.17, 15) is 9.59 Å². The Bertz CT molecular complexity index is 975. The summed E-state index contributed by atoms with van der Waals surface area (Å²) in [5, 5.41) is 9.58.